The number of hydrogen-bond acceptors (Lipinski definition) is 9. The number of carbonyl (C=O) groups is 1. The monoisotopic (exact) mass is 982 g/mol. The summed E-state index contributed by atoms with van der Waals surface area (Å²) >= 11 is 6.00. The number of ether oxygens (including phenoxy) is 3. The summed E-state index contributed by atoms with van der Waals surface area (Å²) in [6, 6.07) is 6.02. The van der Waals surface area contributed by atoms with Crippen LogP contribution in [0.15, 0.2) is 24.3 Å². The number of aliphatic hydroxyl groups is 5. The lowest BCUT2D eigenvalue weighted by molar-refractivity contribution is -0.310. The van der Waals surface area contributed by atoms with Gasteiger partial charge in [0.2, 0.25) is 5.91 Å². The van der Waals surface area contributed by atoms with Gasteiger partial charge in [-0.05, 0) is 30.5 Å². The second kappa shape index (κ2) is 43.3. The number of unbranched alkanes of at least 4 members (excludes halogenated alkanes) is 33. The van der Waals surface area contributed by atoms with E-state index in [-0.39, 0.29) is 25.5 Å². The van der Waals surface area contributed by atoms with Crippen molar-refractivity contribution in [1.29, 1.82) is 0 Å². The Morgan fingerprint density at radius 3 is 1.40 bits per heavy atom. The Hall–Kier alpha value is -1.34. The number of rotatable bonds is 47. The van der Waals surface area contributed by atoms with Gasteiger partial charge in [-0.25, -0.2) is 0 Å². The second-order valence-electron chi connectivity index (χ2n) is 20.4. The summed E-state index contributed by atoms with van der Waals surface area (Å²) in [4.78, 5) is 13.2. The molecule has 1 aliphatic rings. The van der Waals surface area contributed by atoms with E-state index in [0.29, 0.717) is 11.4 Å². The van der Waals surface area contributed by atoms with Crippen molar-refractivity contribution in [2.75, 3.05) is 13.2 Å². The number of benzene rings is 1. The van der Waals surface area contributed by atoms with Gasteiger partial charge in [-0.2, -0.15) is 0 Å². The lowest BCUT2D eigenvalue weighted by Gasteiger charge is -2.42. The van der Waals surface area contributed by atoms with E-state index in [4.69, 9.17) is 25.8 Å². The fraction of sp³-hybridized carbons (Fsp3) is 0.877. The van der Waals surface area contributed by atoms with Crippen LogP contribution in [0.1, 0.15) is 257 Å². The highest BCUT2D eigenvalue weighted by Gasteiger charge is 2.46. The molecule has 10 nitrogen and oxygen atoms in total. The maximum atomic E-state index is 13.2. The average molecular weight is 983 g/mol. The molecule has 1 aromatic carbocycles. The van der Waals surface area contributed by atoms with Gasteiger partial charge < -0.3 is 45.1 Å². The van der Waals surface area contributed by atoms with Crippen LogP contribution in [0.25, 0.3) is 0 Å². The number of halogens is 1. The molecule has 398 valence electrons. The van der Waals surface area contributed by atoms with E-state index in [0.717, 1.165) is 50.5 Å². The molecule has 1 heterocycles. The minimum absolute atomic E-state index is 0.0913. The average Bonchev–Trinajstić information content (AvgIpc) is 3.34. The summed E-state index contributed by atoms with van der Waals surface area (Å²) in [5, 5.41) is 58.2. The number of aliphatic hydroxyl groups excluding tert-OH is 5. The molecular formula is C57H104ClNO9. The summed E-state index contributed by atoms with van der Waals surface area (Å²) in [6.07, 6.45) is 36.2. The van der Waals surface area contributed by atoms with Crippen LogP contribution in [0.4, 0.5) is 0 Å². The second-order valence-corrected chi connectivity index (χ2v) is 20.8. The van der Waals surface area contributed by atoms with Crippen molar-refractivity contribution in [3.05, 3.63) is 34.9 Å². The van der Waals surface area contributed by atoms with Crippen LogP contribution < -0.4 is 5.32 Å². The maximum Gasteiger partial charge on any atom is 0.220 e. The topological polar surface area (TPSA) is 158 Å². The largest absolute Gasteiger partial charge is 0.394 e. The molecule has 68 heavy (non-hydrogen) atoms. The highest BCUT2D eigenvalue weighted by molar-refractivity contribution is 6.30. The molecule has 0 unspecified atom stereocenters. The minimum Gasteiger partial charge on any atom is -0.394 e. The zero-order valence-electron chi connectivity index (χ0n) is 43.5. The SMILES string of the molecule is CCCCCCCCCCCCCCCCCCCCCCCCCC(=O)N[C@@H](CO[C@H]1O[C@H](CO)[C@H](OCc2ccc(Cl)cc2)[C@H](O)[C@H]1O)[C@H](O)[C@H](O)CCCCCCCCCCCCCC. The van der Waals surface area contributed by atoms with E-state index >= 15 is 0 Å². The molecule has 0 aliphatic carbocycles. The van der Waals surface area contributed by atoms with E-state index in [2.05, 4.69) is 19.2 Å². The molecule has 0 spiro atoms. The standard InChI is InChI=1S/C57H104ClNO9/c1-3-5-7-9-11-13-15-17-18-19-20-21-22-23-24-25-26-27-29-31-33-35-37-39-52(62)59-49(53(63)50(61)38-36-34-32-30-28-16-14-12-10-8-6-4-2)46-67-57-55(65)54(64)56(51(44-60)68-57)66-45-47-40-42-48(58)43-41-47/h40-43,49-51,53-57,60-61,63-65H,3-39,44-46H2,1-2H3,(H,59,62)/t49-,50+,51+,53-,54+,55+,56-,57-/m0/s1. The third kappa shape index (κ3) is 31.2. The van der Waals surface area contributed by atoms with Crippen molar-refractivity contribution in [3.63, 3.8) is 0 Å². The summed E-state index contributed by atoms with van der Waals surface area (Å²) < 4.78 is 17.7. The van der Waals surface area contributed by atoms with Crippen molar-refractivity contribution in [2.24, 2.45) is 0 Å². The van der Waals surface area contributed by atoms with Gasteiger partial charge in [-0.15, -0.1) is 0 Å². The normalized spacial score (nSPS) is 19.9. The van der Waals surface area contributed by atoms with Crippen molar-refractivity contribution < 1.29 is 44.5 Å². The van der Waals surface area contributed by atoms with Gasteiger partial charge in [0.05, 0.1) is 32.0 Å². The van der Waals surface area contributed by atoms with Gasteiger partial charge in [0.1, 0.15) is 30.5 Å². The van der Waals surface area contributed by atoms with Crippen LogP contribution in [0.3, 0.4) is 0 Å². The first-order valence-electron chi connectivity index (χ1n) is 28.5. The fourth-order valence-corrected chi connectivity index (χ4v) is 9.70. The number of nitrogens with one attached hydrogen (secondary N) is 1. The quantitative estimate of drug-likeness (QED) is 0.0350. The molecule has 0 bridgehead atoms. The first-order valence-corrected chi connectivity index (χ1v) is 28.8. The fourth-order valence-electron chi connectivity index (χ4n) is 9.58. The van der Waals surface area contributed by atoms with Crippen molar-refractivity contribution in [1.82, 2.24) is 5.32 Å². The molecule has 1 fully saturated rings. The highest BCUT2D eigenvalue weighted by atomic mass is 35.5. The van der Waals surface area contributed by atoms with Crippen LogP contribution in [-0.2, 0) is 25.6 Å². The summed E-state index contributed by atoms with van der Waals surface area (Å²) in [5.74, 6) is -0.243. The van der Waals surface area contributed by atoms with E-state index in [1.165, 1.54) is 180 Å². The van der Waals surface area contributed by atoms with Crippen molar-refractivity contribution in [3.8, 4) is 0 Å². The third-order valence-electron chi connectivity index (χ3n) is 14.1. The lowest BCUT2D eigenvalue weighted by Crippen LogP contribution is -2.61. The first-order chi connectivity index (χ1) is 33.2. The molecule has 0 aromatic heterocycles. The molecule has 0 radical (unpaired) electrons. The molecule has 1 aromatic rings. The molecule has 0 saturated carbocycles. The Morgan fingerprint density at radius 2 is 0.985 bits per heavy atom. The Labute approximate surface area is 420 Å². The Morgan fingerprint density at radius 1 is 0.588 bits per heavy atom. The minimum atomic E-state index is -1.54. The highest BCUT2D eigenvalue weighted by Crippen LogP contribution is 2.27. The van der Waals surface area contributed by atoms with Crippen LogP contribution in [0, 0.1) is 0 Å². The number of hydrogen-bond donors (Lipinski definition) is 6. The van der Waals surface area contributed by atoms with Crippen LogP contribution in [0.5, 0.6) is 0 Å². The molecule has 6 N–H and O–H groups in total. The molecule has 8 atom stereocenters. The number of carbonyl (C=O) groups excluding carboxylic acids is 1. The van der Waals surface area contributed by atoms with Crippen molar-refractivity contribution in [2.45, 2.75) is 307 Å². The summed E-state index contributed by atoms with van der Waals surface area (Å²) in [7, 11) is 0. The Balaban J connectivity index is 1.70. The lowest BCUT2D eigenvalue weighted by atomic mass is 9.98. The zero-order valence-corrected chi connectivity index (χ0v) is 44.2. The first kappa shape index (κ1) is 62.8. The molecule has 2 rings (SSSR count). The molecule has 1 aliphatic heterocycles. The van der Waals surface area contributed by atoms with Gasteiger partial charge in [0, 0.05) is 11.4 Å². The molecule has 1 amide bonds. The summed E-state index contributed by atoms with van der Waals surface area (Å²) in [6.45, 7) is 3.83. The molecular weight excluding hydrogens is 878 g/mol. The van der Waals surface area contributed by atoms with E-state index in [9.17, 15) is 30.3 Å². The summed E-state index contributed by atoms with van der Waals surface area (Å²) in [5.41, 5.74) is 0.789. The van der Waals surface area contributed by atoms with Crippen LogP contribution in [0.2, 0.25) is 5.02 Å². The van der Waals surface area contributed by atoms with E-state index in [1.807, 2.05) is 0 Å². The van der Waals surface area contributed by atoms with E-state index < -0.39 is 55.6 Å². The van der Waals surface area contributed by atoms with Crippen molar-refractivity contribution >= 4 is 17.5 Å². The van der Waals surface area contributed by atoms with Crippen LogP contribution in [-0.4, -0.2) is 93.6 Å². The van der Waals surface area contributed by atoms with Gasteiger partial charge >= 0.3 is 0 Å². The van der Waals surface area contributed by atoms with Gasteiger partial charge in [-0.1, -0.05) is 256 Å². The predicted molar refractivity (Wildman–Crippen MR) is 280 cm³/mol. The van der Waals surface area contributed by atoms with Gasteiger partial charge in [-0.3, -0.25) is 4.79 Å². The van der Waals surface area contributed by atoms with Gasteiger partial charge in [0.25, 0.3) is 0 Å². The molecule has 11 heteroatoms. The smallest absolute Gasteiger partial charge is 0.220 e. The Bertz CT molecular complexity index is 1270. The predicted octanol–water partition coefficient (Wildman–Crippen LogP) is 13.4. The zero-order chi connectivity index (χ0) is 49.3. The Kier molecular flexibility index (Phi) is 39.9. The van der Waals surface area contributed by atoms with Gasteiger partial charge in [0.15, 0.2) is 6.29 Å². The number of amides is 1. The van der Waals surface area contributed by atoms with E-state index in [1.54, 1.807) is 24.3 Å². The third-order valence-corrected chi connectivity index (χ3v) is 14.4. The molecule has 1 saturated heterocycles. The maximum absolute atomic E-state index is 13.2. The van der Waals surface area contributed by atoms with Crippen LogP contribution >= 0.6 is 11.6 Å².